The summed E-state index contributed by atoms with van der Waals surface area (Å²) in [6.07, 6.45) is -0.314. The first kappa shape index (κ1) is 38.2. The van der Waals surface area contributed by atoms with Crippen LogP contribution in [0.2, 0.25) is 10.0 Å². The molecule has 0 heterocycles. The van der Waals surface area contributed by atoms with E-state index in [0.717, 1.165) is 55.4 Å². The number of rotatable bonds is 12. The molecule has 1 atom stereocenters. The van der Waals surface area contributed by atoms with E-state index in [1.807, 2.05) is 18.2 Å². The minimum absolute atomic E-state index is 0.0828. The summed E-state index contributed by atoms with van der Waals surface area (Å²) in [6, 6.07) is 23.0. The lowest BCUT2D eigenvalue weighted by molar-refractivity contribution is -0.140. The van der Waals surface area contributed by atoms with Crippen molar-refractivity contribution in [2.24, 2.45) is 0 Å². The van der Waals surface area contributed by atoms with E-state index in [-0.39, 0.29) is 23.9 Å². The lowest BCUT2D eigenvalue weighted by Crippen LogP contribution is -2.55. The van der Waals surface area contributed by atoms with E-state index in [0.29, 0.717) is 21.0 Å². The lowest BCUT2D eigenvalue weighted by Gasteiger charge is -2.35. The van der Waals surface area contributed by atoms with Gasteiger partial charge in [0.25, 0.3) is 10.0 Å². The average molecular weight is 761 g/mol. The van der Waals surface area contributed by atoms with Crippen LogP contribution in [0, 0.1) is 6.92 Å². The molecule has 1 unspecified atom stereocenters. The van der Waals surface area contributed by atoms with Gasteiger partial charge in [-0.05, 0) is 67.3 Å². The fourth-order valence-electron chi connectivity index (χ4n) is 6.16. The number of carbonyl (C=O) groups is 2. The van der Waals surface area contributed by atoms with Gasteiger partial charge in [0.15, 0.2) is 0 Å². The second-order valence-electron chi connectivity index (χ2n) is 12.6. The molecule has 0 spiro atoms. The molecular formula is C38H38Cl2F3N3O4S. The number of benzene rings is 4. The van der Waals surface area contributed by atoms with Crippen molar-refractivity contribution < 1.29 is 31.2 Å². The first-order valence-corrected chi connectivity index (χ1v) is 18.8. The molecule has 2 amide bonds. The molecule has 4 aromatic rings. The highest BCUT2D eigenvalue weighted by Gasteiger charge is 2.38. The fourth-order valence-corrected chi connectivity index (χ4v) is 7.99. The zero-order valence-corrected chi connectivity index (χ0v) is 30.2. The topological polar surface area (TPSA) is 86.8 Å². The zero-order chi connectivity index (χ0) is 36.8. The Bertz CT molecular complexity index is 1940. The maximum absolute atomic E-state index is 14.7. The number of nitrogens with one attached hydrogen (secondary N) is 1. The highest BCUT2D eigenvalue weighted by atomic mass is 35.5. The molecule has 0 radical (unpaired) electrons. The monoisotopic (exact) mass is 759 g/mol. The molecule has 0 saturated heterocycles. The molecule has 5 rings (SSSR count). The highest BCUT2D eigenvalue weighted by Crippen LogP contribution is 2.38. The predicted octanol–water partition coefficient (Wildman–Crippen LogP) is 8.60. The molecule has 270 valence electrons. The Morgan fingerprint density at radius 1 is 0.863 bits per heavy atom. The molecule has 1 aliphatic carbocycles. The minimum Gasteiger partial charge on any atom is -0.352 e. The molecule has 1 saturated carbocycles. The SMILES string of the molecule is Cc1ccc(S(=O)(=O)N(CC(=O)N(Cc2ccccc2Cl)C(Cc2ccccc2)C(=O)NC2CCCCC2)c2ccc(Cl)c(C(F)(F)F)c2)cc1. The zero-order valence-electron chi connectivity index (χ0n) is 27.9. The number of anilines is 1. The predicted molar refractivity (Wildman–Crippen MR) is 193 cm³/mol. The lowest BCUT2D eigenvalue weighted by atomic mass is 9.94. The number of alkyl halides is 3. The van der Waals surface area contributed by atoms with Crippen LogP contribution in [0.3, 0.4) is 0 Å². The van der Waals surface area contributed by atoms with Crippen LogP contribution in [0.25, 0.3) is 0 Å². The number of sulfonamides is 1. The summed E-state index contributed by atoms with van der Waals surface area (Å²) in [5.74, 6) is -1.25. The van der Waals surface area contributed by atoms with E-state index in [1.165, 1.54) is 17.0 Å². The molecule has 7 nitrogen and oxygen atoms in total. The molecular weight excluding hydrogens is 722 g/mol. The van der Waals surface area contributed by atoms with Crippen LogP contribution in [0.1, 0.15) is 54.4 Å². The smallest absolute Gasteiger partial charge is 0.352 e. The van der Waals surface area contributed by atoms with Gasteiger partial charge in [-0.25, -0.2) is 8.42 Å². The van der Waals surface area contributed by atoms with Gasteiger partial charge in [0.2, 0.25) is 11.8 Å². The summed E-state index contributed by atoms with van der Waals surface area (Å²) in [6.45, 7) is 0.646. The van der Waals surface area contributed by atoms with E-state index in [2.05, 4.69) is 5.32 Å². The maximum atomic E-state index is 14.7. The van der Waals surface area contributed by atoms with Crippen LogP contribution in [0.15, 0.2) is 102 Å². The van der Waals surface area contributed by atoms with Crippen molar-refractivity contribution in [3.05, 3.63) is 129 Å². The highest BCUT2D eigenvalue weighted by molar-refractivity contribution is 7.92. The van der Waals surface area contributed by atoms with Crippen molar-refractivity contribution in [2.75, 3.05) is 10.8 Å². The van der Waals surface area contributed by atoms with Crippen LogP contribution >= 0.6 is 23.2 Å². The molecule has 1 fully saturated rings. The van der Waals surface area contributed by atoms with Gasteiger partial charge in [0.05, 0.1) is 21.2 Å². The molecule has 0 aliphatic heterocycles. The number of aryl methyl sites for hydroxylation is 1. The quantitative estimate of drug-likeness (QED) is 0.157. The summed E-state index contributed by atoms with van der Waals surface area (Å²) in [7, 11) is -4.63. The standard InChI is InChI=1S/C38H38Cl2F3N3O4S/c1-26-16-19-31(20-17-26)51(49,50)46(30-18-21-34(40)32(23-30)38(41,42)43)25-36(47)45(24-28-12-8-9-15-33(28)39)35(22-27-10-4-2-5-11-27)37(48)44-29-13-6-3-7-14-29/h2,4-5,8-12,15-21,23,29,35H,3,6-7,13-14,22,24-25H2,1H3,(H,44,48). The molecule has 51 heavy (non-hydrogen) atoms. The molecule has 13 heteroatoms. The van der Waals surface area contributed by atoms with E-state index in [1.54, 1.807) is 55.5 Å². The number of carbonyl (C=O) groups excluding carboxylic acids is 2. The summed E-state index contributed by atoms with van der Waals surface area (Å²) in [5, 5.41) is 2.80. The van der Waals surface area contributed by atoms with Gasteiger partial charge in [-0.2, -0.15) is 13.2 Å². The van der Waals surface area contributed by atoms with Crippen molar-refractivity contribution in [1.29, 1.82) is 0 Å². The third-order valence-electron chi connectivity index (χ3n) is 8.95. The maximum Gasteiger partial charge on any atom is 0.417 e. The van der Waals surface area contributed by atoms with Gasteiger partial charge in [-0.1, -0.05) is 109 Å². The Hall–Kier alpha value is -4.06. The molecule has 1 N–H and O–H groups in total. The van der Waals surface area contributed by atoms with E-state index >= 15 is 0 Å². The summed E-state index contributed by atoms with van der Waals surface area (Å²) >= 11 is 12.5. The van der Waals surface area contributed by atoms with Crippen LogP contribution in [-0.4, -0.2) is 43.8 Å². The van der Waals surface area contributed by atoms with Crippen molar-refractivity contribution in [3.63, 3.8) is 0 Å². The minimum atomic E-state index is -4.91. The first-order chi connectivity index (χ1) is 24.2. The fraction of sp³-hybridized carbons (Fsp3) is 0.316. The first-order valence-electron chi connectivity index (χ1n) is 16.6. The Morgan fingerprint density at radius 2 is 1.51 bits per heavy atom. The van der Waals surface area contributed by atoms with Crippen LogP contribution in [0.4, 0.5) is 18.9 Å². The van der Waals surface area contributed by atoms with Crippen LogP contribution < -0.4 is 9.62 Å². The van der Waals surface area contributed by atoms with Crippen molar-refractivity contribution in [3.8, 4) is 0 Å². The Balaban J connectivity index is 1.62. The molecule has 0 aromatic heterocycles. The number of halogens is 5. The summed E-state index contributed by atoms with van der Waals surface area (Å²) in [5.41, 5.74) is 0.301. The second-order valence-corrected chi connectivity index (χ2v) is 15.3. The second kappa shape index (κ2) is 16.5. The molecule has 1 aliphatic rings. The number of hydrogen-bond donors (Lipinski definition) is 1. The normalized spacial score (nSPS) is 14.5. The Kier molecular flexibility index (Phi) is 12.4. The Morgan fingerprint density at radius 3 is 2.16 bits per heavy atom. The van der Waals surface area contributed by atoms with Gasteiger partial charge >= 0.3 is 6.18 Å². The molecule has 0 bridgehead atoms. The van der Waals surface area contributed by atoms with Gasteiger partial charge in [0, 0.05) is 24.0 Å². The van der Waals surface area contributed by atoms with Crippen molar-refractivity contribution >= 4 is 50.7 Å². The van der Waals surface area contributed by atoms with Gasteiger partial charge in [-0.3, -0.25) is 13.9 Å². The number of amides is 2. The molecule has 4 aromatic carbocycles. The number of nitrogens with zero attached hydrogens (tertiary/aromatic N) is 2. The summed E-state index contributed by atoms with van der Waals surface area (Å²) < 4.78 is 71.3. The van der Waals surface area contributed by atoms with E-state index < -0.39 is 56.9 Å². The van der Waals surface area contributed by atoms with Crippen LogP contribution in [0.5, 0.6) is 0 Å². The number of hydrogen-bond acceptors (Lipinski definition) is 4. The van der Waals surface area contributed by atoms with E-state index in [4.69, 9.17) is 23.2 Å². The van der Waals surface area contributed by atoms with Gasteiger partial charge in [0.1, 0.15) is 12.6 Å². The van der Waals surface area contributed by atoms with Gasteiger partial charge in [-0.15, -0.1) is 0 Å². The van der Waals surface area contributed by atoms with Crippen LogP contribution in [-0.2, 0) is 38.8 Å². The van der Waals surface area contributed by atoms with Crippen molar-refractivity contribution in [2.45, 2.75) is 75.1 Å². The third-order valence-corrected chi connectivity index (χ3v) is 11.4. The Labute approximate surface area is 306 Å². The third kappa shape index (κ3) is 9.64. The average Bonchev–Trinajstić information content (AvgIpc) is 3.10. The largest absolute Gasteiger partial charge is 0.417 e. The van der Waals surface area contributed by atoms with E-state index in [9.17, 15) is 31.2 Å². The summed E-state index contributed by atoms with van der Waals surface area (Å²) in [4.78, 5) is 30.0. The van der Waals surface area contributed by atoms with Crippen molar-refractivity contribution in [1.82, 2.24) is 10.2 Å². The van der Waals surface area contributed by atoms with Gasteiger partial charge < -0.3 is 10.2 Å².